The van der Waals surface area contributed by atoms with Crippen molar-refractivity contribution in [3.63, 3.8) is 0 Å². The number of nitrogens with one attached hydrogen (secondary N) is 1. The molecule has 2 aromatic carbocycles. The third-order valence-electron chi connectivity index (χ3n) is 3.50. The monoisotopic (exact) mass is 369 g/mol. The van der Waals surface area contributed by atoms with Crippen LogP contribution in [-0.2, 0) is 10.0 Å². The van der Waals surface area contributed by atoms with Crippen LogP contribution in [0.15, 0.2) is 47.4 Å². The maximum atomic E-state index is 12.4. The second-order valence-electron chi connectivity index (χ2n) is 5.15. The number of halogens is 1. The Morgan fingerprint density at radius 1 is 1.25 bits per heavy atom. The molecule has 1 heterocycles. The van der Waals surface area contributed by atoms with Crippen LogP contribution in [0.5, 0.6) is 17.2 Å². The van der Waals surface area contributed by atoms with Crippen LogP contribution in [0.1, 0.15) is 0 Å². The zero-order chi connectivity index (χ0) is 17.2. The summed E-state index contributed by atoms with van der Waals surface area (Å²) in [6.07, 6.45) is -0.414. The first kappa shape index (κ1) is 16.9. The minimum Gasteiger partial charge on any atom is -0.495 e. The Bertz CT molecular complexity index is 840. The number of sulfonamides is 1. The molecule has 1 aliphatic heterocycles. The minimum atomic E-state index is -3.71. The van der Waals surface area contributed by atoms with Crippen molar-refractivity contribution in [3.8, 4) is 17.2 Å². The van der Waals surface area contributed by atoms with Crippen molar-refractivity contribution in [2.45, 2.75) is 11.0 Å². The van der Waals surface area contributed by atoms with Crippen LogP contribution in [0.2, 0.25) is 5.02 Å². The quantitative estimate of drug-likeness (QED) is 0.876. The Balaban J connectivity index is 1.67. The zero-order valence-electron chi connectivity index (χ0n) is 12.9. The van der Waals surface area contributed by atoms with E-state index in [0.717, 1.165) is 0 Å². The highest BCUT2D eigenvalue weighted by atomic mass is 35.5. The van der Waals surface area contributed by atoms with E-state index < -0.39 is 16.1 Å². The van der Waals surface area contributed by atoms with Crippen LogP contribution in [0.4, 0.5) is 0 Å². The first-order chi connectivity index (χ1) is 11.5. The summed E-state index contributed by atoms with van der Waals surface area (Å²) in [5, 5.41) is 0.228. The van der Waals surface area contributed by atoms with Gasteiger partial charge in [-0.05, 0) is 30.3 Å². The van der Waals surface area contributed by atoms with Crippen LogP contribution in [0, 0.1) is 0 Å². The molecule has 8 heteroatoms. The molecule has 0 saturated heterocycles. The summed E-state index contributed by atoms with van der Waals surface area (Å²) in [5.41, 5.74) is 0. The predicted molar refractivity (Wildman–Crippen MR) is 89.5 cm³/mol. The molecule has 1 atom stereocenters. The van der Waals surface area contributed by atoms with Gasteiger partial charge in [-0.3, -0.25) is 0 Å². The van der Waals surface area contributed by atoms with Gasteiger partial charge in [0.05, 0.1) is 23.6 Å². The van der Waals surface area contributed by atoms with Crippen LogP contribution in [0.25, 0.3) is 0 Å². The zero-order valence-corrected chi connectivity index (χ0v) is 14.4. The molecule has 24 heavy (non-hydrogen) atoms. The van der Waals surface area contributed by atoms with Gasteiger partial charge in [-0.1, -0.05) is 23.7 Å². The van der Waals surface area contributed by atoms with Crippen molar-refractivity contribution < 1.29 is 22.6 Å². The number of ether oxygens (including phenoxy) is 3. The standard InChI is InChI=1S/C16H16ClNO5S/c1-21-14-7-6-12(8-13(14)17)24(19,20)18-9-11-10-22-15-4-2-3-5-16(15)23-11/h2-8,11,18H,9-10H2,1H3. The second-order valence-corrected chi connectivity index (χ2v) is 7.32. The van der Waals surface area contributed by atoms with Crippen molar-refractivity contribution in [2.24, 2.45) is 0 Å². The number of fused-ring (bicyclic) bond motifs is 1. The van der Waals surface area contributed by atoms with Gasteiger partial charge in [-0.2, -0.15) is 0 Å². The first-order valence-corrected chi connectivity index (χ1v) is 9.07. The summed E-state index contributed by atoms with van der Waals surface area (Å²) < 4.78 is 43.5. The topological polar surface area (TPSA) is 73.9 Å². The largest absolute Gasteiger partial charge is 0.495 e. The number of hydrogen-bond acceptors (Lipinski definition) is 5. The molecule has 0 aromatic heterocycles. The van der Waals surface area contributed by atoms with Crippen LogP contribution in [0.3, 0.4) is 0 Å². The van der Waals surface area contributed by atoms with Gasteiger partial charge in [0.2, 0.25) is 10.0 Å². The summed E-state index contributed by atoms with van der Waals surface area (Å²) in [6, 6.07) is 11.5. The average molecular weight is 370 g/mol. The number of rotatable bonds is 5. The normalized spacial score (nSPS) is 16.7. The molecule has 0 saturated carbocycles. The van der Waals surface area contributed by atoms with Crippen LogP contribution >= 0.6 is 11.6 Å². The maximum Gasteiger partial charge on any atom is 0.240 e. The Morgan fingerprint density at radius 3 is 2.71 bits per heavy atom. The number of methoxy groups -OCH3 is 1. The van der Waals surface area contributed by atoms with Gasteiger partial charge in [0.15, 0.2) is 11.5 Å². The van der Waals surface area contributed by atoms with E-state index in [1.807, 2.05) is 12.1 Å². The fourth-order valence-electron chi connectivity index (χ4n) is 2.26. The van der Waals surface area contributed by atoms with E-state index in [-0.39, 0.29) is 23.1 Å². The maximum absolute atomic E-state index is 12.4. The molecule has 0 radical (unpaired) electrons. The highest BCUT2D eigenvalue weighted by Crippen LogP contribution is 2.31. The van der Waals surface area contributed by atoms with E-state index in [1.54, 1.807) is 12.1 Å². The summed E-state index contributed by atoms with van der Waals surface area (Å²) in [5.74, 6) is 1.66. The number of benzene rings is 2. The molecule has 1 N–H and O–H groups in total. The molecule has 6 nitrogen and oxygen atoms in total. The Morgan fingerprint density at radius 2 is 2.00 bits per heavy atom. The van der Waals surface area contributed by atoms with Crippen molar-refractivity contribution in [1.29, 1.82) is 0 Å². The van der Waals surface area contributed by atoms with Gasteiger partial charge in [0.25, 0.3) is 0 Å². The lowest BCUT2D eigenvalue weighted by Crippen LogP contribution is -2.40. The van der Waals surface area contributed by atoms with E-state index in [9.17, 15) is 8.42 Å². The van der Waals surface area contributed by atoms with Crippen LogP contribution in [-0.4, -0.2) is 34.8 Å². The van der Waals surface area contributed by atoms with E-state index >= 15 is 0 Å². The van der Waals surface area contributed by atoms with E-state index in [1.165, 1.54) is 25.3 Å². The molecular formula is C16H16ClNO5S. The first-order valence-electron chi connectivity index (χ1n) is 7.21. The SMILES string of the molecule is COc1ccc(S(=O)(=O)NCC2COc3ccccc3O2)cc1Cl. The number of hydrogen-bond donors (Lipinski definition) is 1. The van der Waals surface area contributed by atoms with Gasteiger partial charge in [-0.15, -0.1) is 0 Å². The van der Waals surface area contributed by atoms with Crippen LogP contribution < -0.4 is 18.9 Å². The molecular weight excluding hydrogens is 354 g/mol. The second kappa shape index (κ2) is 6.88. The van der Waals surface area contributed by atoms with Crippen molar-refractivity contribution >= 4 is 21.6 Å². The molecule has 0 fully saturated rings. The van der Waals surface area contributed by atoms with E-state index in [4.69, 9.17) is 25.8 Å². The summed E-state index contributed by atoms with van der Waals surface area (Å²) in [6.45, 7) is 0.350. The molecule has 3 rings (SSSR count). The molecule has 2 aromatic rings. The Kier molecular flexibility index (Phi) is 4.84. The molecule has 0 aliphatic carbocycles. The number of para-hydroxylation sites is 2. The highest BCUT2D eigenvalue weighted by Gasteiger charge is 2.23. The smallest absolute Gasteiger partial charge is 0.240 e. The third-order valence-corrected chi connectivity index (χ3v) is 5.22. The summed E-state index contributed by atoms with van der Waals surface area (Å²) >= 11 is 5.98. The Hall–Kier alpha value is -1.96. The molecule has 128 valence electrons. The molecule has 0 bridgehead atoms. The Labute approximate surface area is 145 Å². The van der Waals surface area contributed by atoms with Crippen molar-refractivity contribution in [2.75, 3.05) is 20.3 Å². The fraction of sp³-hybridized carbons (Fsp3) is 0.250. The van der Waals surface area contributed by atoms with Crippen molar-refractivity contribution in [1.82, 2.24) is 4.72 Å². The lowest BCUT2D eigenvalue weighted by Gasteiger charge is -2.26. The fourth-order valence-corrected chi connectivity index (χ4v) is 3.68. The van der Waals surface area contributed by atoms with Gasteiger partial charge < -0.3 is 14.2 Å². The average Bonchev–Trinajstić information content (AvgIpc) is 2.60. The lowest BCUT2D eigenvalue weighted by molar-refractivity contribution is 0.0943. The molecule has 1 aliphatic rings. The van der Waals surface area contributed by atoms with Gasteiger partial charge in [0, 0.05) is 0 Å². The van der Waals surface area contributed by atoms with E-state index in [2.05, 4.69) is 4.72 Å². The summed E-state index contributed by atoms with van der Waals surface area (Å²) in [4.78, 5) is 0.0606. The molecule has 0 spiro atoms. The summed E-state index contributed by atoms with van der Waals surface area (Å²) in [7, 11) is -2.25. The van der Waals surface area contributed by atoms with Gasteiger partial charge >= 0.3 is 0 Å². The lowest BCUT2D eigenvalue weighted by atomic mass is 10.2. The van der Waals surface area contributed by atoms with Gasteiger partial charge in [0.1, 0.15) is 18.5 Å². The highest BCUT2D eigenvalue weighted by molar-refractivity contribution is 7.89. The minimum absolute atomic E-state index is 0.0606. The third kappa shape index (κ3) is 3.58. The van der Waals surface area contributed by atoms with Crippen molar-refractivity contribution in [3.05, 3.63) is 47.5 Å². The molecule has 1 unspecified atom stereocenters. The van der Waals surface area contributed by atoms with E-state index in [0.29, 0.717) is 17.2 Å². The predicted octanol–water partition coefficient (Wildman–Crippen LogP) is 2.47. The molecule has 0 amide bonds. The van der Waals surface area contributed by atoms with Gasteiger partial charge in [-0.25, -0.2) is 13.1 Å².